The van der Waals surface area contributed by atoms with E-state index in [1.807, 2.05) is 37.3 Å². The first-order chi connectivity index (χ1) is 14.1. The van der Waals surface area contributed by atoms with Gasteiger partial charge in [0.05, 0.1) is 16.6 Å². The Labute approximate surface area is 171 Å². The Morgan fingerprint density at radius 3 is 2.55 bits per heavy atom. The van der Waals surface area contributed by atoms with Crippen LogP contribution in [0.1, 0.15) is 10.7 Å². The van der Waals surface area contributed by atoms with Gasteiger partial charge in [-0.15, -0.1) is 11.3 Å². The molecule has 5 aromatic rings. The van der Waals surface area contributed by atoms with Gasteiger partial charge in [0.15, 0.2) is 0 Å². The van der Waals surface area contributed by atoms with Crippen LogP contribution in [0.4, 0.5) is 15.9 Å². The molecule has 0 atom stereocenters. The van der Waals surface area contributed by atoms with E-state index in [1.54, 1.807) is 29.7 Å². The van der Waals surface area contributed by atoms with E-state index in [0.29, 0.717) is 5.82 Å². The van der Waals surface area contributed by atoms with Gasteiger partial charge in [0.25, 0.3) is 0 Å². The summed E-state index contributed by atoms with van der Waals surface area (Å²) in [6, 6.07) is 16.5. The Morgan fingerprint density at radius 2 is 1.72 bits per heavy atom. The predicted octanol–water partition coefficient (Wildman–Crippen LogP) is 6.41. The fraction of sp³-hybridized carbons (Fsp3) is 0.0870. The summed E-state index contributed by atoms with van der Waals surface area (Å²) in [6.07, 6.45) is 1.78. The third kappa shape index (κ3) is 3.11. The van der Waals surface area contributed by atoms with Gasteiger partial charge in [-0.3, -0.25) is 4.98 Å². The first-order valence-electron chi connectivity index (χ1n) is 9.24. The van der Waals surface area contributed by atoms with Crippen LogP contribution in [0.5, 0.6) is 0 Å². The number of nitrogens with one attached hydrogen (secondary N) is 1. The summed E-state index contributed by atoms with van der Waals surface area (Å²) in [5.41, 5.74) is 3.74. The average molecular weight is 400 g/mol. The van der Waals surface area contributed by atoms with Gasteiger partial charge in [-0.25, -0.2) is 14.4 Å². The third-order valence-electron chi connectivity index (χ3n) is 4.86. The van der Waals surface area contributed by atoms with Crippen molar-refractivity contribution in [3.05, 3.63) is 77.3 Å². The molecule has 142 valence electrons. The number of benzene rings is 2. The third-order valence-corrected chi connectivity index (χ3v) is 5.86. The standard InChI is InChI=1S/C23H17FN4S/c1-13-19(15-8-10-17(24)11-9-15)20-22(26-14(2)27-23(20)29-13)28-18-7-3-5-16-6-4-12-25-21(16)18/h3-12H,1-2H3,(H,26,27,28). The van der Waals surface area contributed by atoms with E-state index in [9.17, 15) is 4.39 Å². The van der Waals surface area contributed by atoms with Crippen LogP contribution in [-0.4, -0.2) is 15.0 Å². The van der Waals surface area contributed by atoms with Gasteiger partial charge in [-0.05, 0) is 43.7 Å². The quantitative estimate of drug-likeness (QED) is 0.380. The zero-order chi connectivity index (χ0) is 20.0. The number of hydrogen-bond donors (Lipinski definition) is 1. The van der Waals surface area contributed by atoms with Crippen LogP contribution in [0.15, 0.2) is 60.8 Å². The number of aromatic nitrogens is 3. The highest BCUT2D eigenvalue weighted by molar-refractivity contribution is 7.19. The maximum absolute atomic E-state index is 13.5. The van der Waals surface area contributed by atoms with Crippen molar-refractivity contribution >= 4 is 44.0 Å². The topological polar surface area (TPSA) is 50.7 Å². The summed E-state index contributed by atoms with van der Waals surface area (Å²) < 4.78 is 13.5. The fourth-order valence-electron chi connectivity index (χ4n) is 3.61. The number of rotatable bonds is 3. The smallest absolute Gasteiger partial charge is 0.143 e. The number of thiophene rings is 1. The zero-order valence-corrected chi connectivity index (χ0v) is 16.7. The Kier molecular flexibility index (Phi) is 4.21. The molecule has 4 nitrogen and oxygen atoms in total. The molecule has 0 bridgehead atoms. The van der Waals surface area contributed by atoms with Gasteiger partial charge in [-0.1, -0.05) is 30.3 Å². The number of nitrogens with zero attached hydrogens (tertiary/aromatic N) is 3. The molecule has 5 rings (SSSR count). The van der Waals surface area contributed by atoms with Crippen molar-refractivity contribution in [2.75, 3.05) is 5.32 Å². The summed E-state index contributed by atoms with van der Waals surface area (Å²) in [5, 5.41) is 5.48. The minimum atomic E-state index is -0.252. The number of anilines is 2. The first kappa shape index (κ1) is 17.7. The van der Waals surface area contributed by atoms with E-state index in [1.165, 1.54) is 12.1 Å². The lowest BCUT2D eigenvalue weighted by atomic mass is 10.0. The minimum Gasteiger partial charge on any atom is -0.338 e. The van der Waals surface area contributed by atoms with Gasteiger partial charge in [0, 0.05) is 22.0 Å². The molecule has 0 saturated carbocycles. The fourth-order valence-corrected chi connectivity index (χ4v) is 4.70. The van der Waals surface area contributed by atoms with E-state index in [2.05, 4.69) is 22.2 Å². The average Bonchev–Trinajstić information content (AvgIpc) is 3.04. The van der Waals surface area contributed by atoms with Gasteiger partial charge in [0.2, 0.25) is 0 Å². The van der Waals surface area contributed by atoms with Crippen molar-refractivity contribution in [2.45, 2.75) is 13.8 Å². The lowest BCUT2D eigenvalue weighted by Gasteiger charge is -2.12. The number of aryl methyl sites for hydroxylation is 2. The summed E-state index contributed by atoms with van der Waals surface area (Å²) in [4.78, 5) is 15.9. The second-order valence-electron chi connectivity index (χ2n) is 6.85. The Hall–Kier alpha value is -3.38. The van der Waals surface area contributed by atoms with Crippen molar-refractivity contribution in [3.63, 3.8) is 0 Å². The largest absolute Gasteiger partial charge is 0.338 e. The summed E-state index contributed by atoms with van der Waals surface area (Å²) >= 11 is 1.62. The molecule has 1 N–H and O–H groups in total. The molecule has 0 unspecified atom stereocenters. The highest BCUT2D eigenvalue weighted by atomic mass is 32.1. The maximum Gasteiger partial charge on any atom is 0.143 e. The molecule has 3 aromatic heterocycles. The molecule has 2 aromatic carbocycles. The molecular weight excluding hydrogens is 383 g/mol. The number of halogens is 1. The molecule has 0 aliphatic carbocycles. The molecule has 6 heteroatoms. The van der Waals surface area contributed by atoms with Crippen molar-refractivity contribution in [1.29, 1.82) is 0 Å². The highest BCUT2D eigenvalue weighted by Gasteiger charge is 2.18. The van der Waals surface area contributed by atoms with E-state index in [4.69, 9.17) is 4.98 Å². The van der Waals surface area contributed by atoms with Crippen LogP contribution >= 0.6 is 11.3 Å². The van der Waals surface area contributed by atoms with Crippen LogP contribution in [0.3, 0.4) is 0 Å². The summed E-state index contributed by atoms with van der Waals surface area (Å²) in [7, 11) is 0. The predicted molar refractivity (Wildman–Crippen MR) is 117 cm³/mol. The number of fused-ring (bicyclic) bond motifs is 2. The van der Waals surface area contributed by atoms with Crippen LogP contribution in [0.2, 0.25) is 0 Å². The molecule has 0 fully saturated rings. The van der Waals surface area contributed by atoms with E-state index < -0.39 is 0 Å². The molecule has 0 aliphatic rings. The Morgan fingerprint density at radius 1 is 0.931 bits per heavy atom. The van der Waals surface area contributed by atoms with Crippen LogP contribution < -0.4 is 5.32 Å². The van der Waals surface area contributed by atoms with E-state index in [0.717, 1.165) is 48.6 Å². The van der Waals surface area contributed by atoms with Crippen LogP contribution in [-0.2, 0) is 0 Å². The van der Waals surface area contributed by atoms with E-state index in [-0.39, 0.29) is 5.82 Å². The van der Waals surface area contributed by atoms with Crippen molar-refractivity contribution in [1.82, 2.24) is 15.0 Å². The van der Waals surface area contributed by atoms with Gasteiger partial charge in [-0.2, -0.15) is 0 Å². The van der Waals surface area contributed by atoms with Crippen LogP contribution in [0.25, 0.3) is 32.2 Å². The second kappa shape index (κ2) is 6.90. The first-order valence-corrected chi connectivity index (χ1v) is 10.1. The number of pyridine rings is 1. The molecular formula is C23H17FN4S. The lowest BCUT2D eigenvalue weighted by molar-refractivity contribution is 0.628. The molecule has 0 aliphatic heterocycles. The molecule has 0 spiro atoms. The lowest BCUT2D eigenvalue weighted by Crippen LogP contribution is -1.99. The van der Waals surface area contributed by atoms with Crippen molar-refractivity contribution in [3.8, 4) is 11.1 Å². The molecule has 0 radical (unpaired) electrons. The van der Waals surface area contributed by atoms with E-state index >= 15 is 0 Å². The monoisotopic (exact) mass is 400 g/mol. The van der Waals surface area contributed by atoms with Gasteiger partial charge < -0.3 is 5.32 Å². The van der Waals surface area contributed by atoms with Gasteiger partial charge in [0.1, 0.15) is 22.3 Å². The Balaban J connectivity index is 1.74. The SMILES string of the molecule is Cc1nc(Nc2cccc3cccnc23)c2c(-c3ccc(F)cc3)c(C)sc2n1. The van der Waals surface area contributed by atoms with Crippen molar-refractivity contribution < 1.29 is 4.39 Å². The molecule has 3 heterocycles. The molecule has 0 saturated heterocycles. The van der Waals surface area contributed by atoms with Crippen LogP contribution in [0, 0.1) is 19.7 Å². The minimum absolute atomic E-state index is 0.252. The second-order valence-corrected chi connectivity index (χ2v) is 8.05. The normalized spacial score (nSPS) is 11.3. The maximum atomic E-state index is 13.5. The zero-order valence-electron chi connectivity index (χ0n) is 15.9. The summed E-state index contributed by atoms with van der Waals surface area (Å²) in [5.74, 6) is 1.17. The Bertz CT molecular complexity index is 1350. The molecule has 29 heavy (non-hydrogen) atoms. The summed E-state index contributed by atoms with van der Waals surface area (Å²) in [6.45, 7) is 3.95. The van der Waals surface area contributed by atoms with Crippen molar-refractivity contribution in [2.24, 2.45) is 0 Å². The van der Waals surface area contributed by atoms with Gasteiger partial charge >= 0.3 is 0 Å². The highest BCUT2D eigenvalue weighted by Crippen LogP contribution is 2.41. The molecule has 0 amide bonds. The number of hydrogen-bond acceptors (Lipinski definition) is 5. The number of para-hydroxylation sites is 1.